The lowest BCUT2D eigenvalue weighted by molar-refractivity contribution is 0.0729. The molecule has 0 bridgehead atoms. The number of hydrogen-bond donors (Lipinski definition) is 1. The van der Waals surface area contributed by atoms with E-state index >= 15 is 0 Å². The molecule has 1 aromatic carbocycles. The summed E-state index contributed by atoms with van der Waals surface area (Å²) in [6.07, 6.45) is 2.60. The van der Waals surface area contributed by atoms with Gasteiger partial charge in [-0.3, -0.25) is 4.79 Å². The number of carbonyl (C=O) groups is 1. The number of nitrogens with zero attached hydrogens (tertiary/aromatic N) is 3. The van der Waals surface area contributed by atoms with Gasteiger partial charge in [0.2, 0.25) is 0 Å². The summed E-state index contributed by atoms with van der Waals surface area (Å²) in [4.78, 5) is 19.0. The van der Waals surface area contributed by atoms with E-state index in [9.17, 15) is 9.90 Å². The molecule has 0 saturated heterocycles. The van der Waals surface area contributed by atoms with Crippen LogP contribution in [0.15, 0.2) is 42.6 Å². The Balaban J connectivity index is 1.65. The van der Waals surface area contributed by atoms with Crippen molar-refractivity contribution in [2.45, 2.75) is 19.9 Å². The average Bonchev–Trinajstić information content (AvgIpc) is 2.99. The first kappa shape index (κ1) is 13.8. The molecule has 3 heterocycles. The van der Waals surface area contributed by atoms with Crippen LogP contribution in [0, 0.1) is 6.92 Å². The fraction of sp³-hybridized carbons (Fsp3) is 0.222. The third-order valence-electron chi connectivity index (χ3n) is 4.40. The third-order valence-corrected chi connectivity index (χ3v) is 4.40. The topological polar surface area (TPSA) is 57.8 Å². The standard InChI is InChI=1S/C18H17N3O2/c1-12-3-2-4-17-19-16(11-21(12)17)18(23)20-8-7-13-5-6-15(22)9-14(13)10-20/h2-6,9,11,22H,7-8,10H2,1H3. The number of hydrogen-bond acceptors (Lipinski definition) is 3. The average molecular weight is 307 g/mol. The largest absolute Gasteiger partial charge is 0.508 e. The second-order valence-electron chi connectivity index (χ2n) is 5.95. The molecule has 2 aromatic heterocycles. The number of benzene rings is 1. The smallest absolute Gasteiger partial charge is 0.274 e. The summed E-state index contributed by atoms with van der Waals surface area (Å²) in [5.74, 6) is 0.170. The molecule has 3 aromatic rings. The van der Waals surface area contributed by atoms with Gasteiger partial charge in [-0.25, -0.2) is 4.98 Å². The Morgan fingerprint density at radius 1 is 1.22 bits per heavy atom. The zero-order chi connectivity index (χ0) is 16.0. The van der Waals surface area contributed by atoms with Crippen molar-refractivity contribution >= 4 is 11.6 Å². The summed E-state index contributed by atoms with van der Waals surface area (Å²) in [5, 5.41) is 9.64. The molecular weight excluding hydrogens is 290 g/mol. The fourth-order valence-electron chi connectivity index (χ4n) is 3.13. The molecule has 1 amide bonds. The molecule has 0 spiro atoms. The van der Waals surface area contributed by atoms with Crippen molar-refractivity contribution in [2.24, 2.45) is 0 Å². The number of fused-ring (bicyclic) bond motifs is 2. The fourth-order valence-corrected chi connectivity index (χ4v) is 3.13. The molecular formula is C18H17N3O2. The highest BCUT2D eigenvalue weighted by atomic mass is 16.3. The summed E-state index contributed by atoms with van der Waals surface area (Å²) in [7, 11) is 0. The van der Waals surface area contributed by atoms with Crippen molar-refractivity contribution < 1.29 is 9.90 Å². The quantitative estimate of drug-likeness (QED) is 0.751. The highest BCUT2D eigenvalue weighted by molar-refractivity contribution is 5.93. The van der Waals surface area contributed by atoms with E-state index < -0.39 is 0 Å². The lowest BCUT2D eigenvalue weighted by atomic mass is 9.99. The lowest BCUT2D eigenvalue weighted by Gasteiger charge is -2.28. The number of aromatic hydroxyl groups is 1. The maximum atomic E-state index is 12.8. The van der Waals surface area contributed by atoms with Crippen molar-refractivity contribution in [1.82, 2.24) is 14.3 Å². The molecule has 1 aliphatic heterocycles. The van der Waals surface area contributed by atoms with Crippen LogP contribution >= 0.6 is 0 Å². The monoisotopic (exact) mass is 307 g/mol. The minimum Gasteiger partial charge on any atom is -0.508 e. The van der Waals surface area contributed by atoms with Gasteiger partial charge in [0.1, 0.15) is 17.1 Å². The predicted molar refractivity (Wildman–Crippen MR) is 86.5 cm³/mol. The maximum absolute atomic E-state index is 12.8. The molecule has 0 radical (unpaired) electrons. The van der Waals surface area contributed by atoms with Crippen LogP contribution in [0.2, 0.25) is 0 Å². The zero-order valence-electron chi connectivity index (χ0n) is 12.9. The summed E-state index contributed by atoms with van der Waals surface area (Å²) in [5.41, 5.74) is 4.48. The highest BCUT2D eigenvalue weighted by Crippen LogP contribution is 2.24. The van der Waals surface area contributed by atoms with E-state index in [-0.39, 0.29) is 11.7 Å². The molecule has 0 saturated carbocycles. The van der Waals surface area contributed by atoms with Crippen LogP contribution in [-0.2, 0) is 13.0 Å². The van der Waals surface area contributed by atoms with Gasteiger partial charge in [0.05, 0.1) is 0 Å². The number of aryl methyl sites for hydroxylation is 1. The molecule has 5 nitrogen and oxygen atoms in total. The maximum Gasteiger partial charge on any atom is 0.274 e. The van der Waals surface area contributed by atoms with Crippen molar-refractivity contribution in [1.29, 1.82) is 0 Å². The first-order valence-electron chi connectivity index (χ1n) is 7.66. The van der Waals surface area contributed by atoms with Crippen molar-refractivity contribution in [3.8, 4) is 5.75 Å². The molecule has 23 heavy (non-hydrogen) atoms. The normalized spacial score (nSPS) is 14.0. The first-order chi connectivity index (χ1) is 11.1. The van der Waals surface area contributed by atoms with Crippen molar-refractivity contribution in [3.05, 3.63) is 65.1 Å². The van der Waals surface area contributed by atoms with Crippen LogP contribution < -0.4 is 0 Å². The minimum absolute atomic E-state index is 0.0675. The Kier molecular flexibility index (Phi) is 3.08. The number of phenolic OH excluding ortho intramolecular Hbond substituents is 1. The molecule has 0 unspecified atom stereocenters. The van der Waals surface area contributed by atoms with E-state index in [2.05, 4.69) is 4.98 Å². The minimum atomic E-state index is -0.0675. The Morgan fingerprint density at radius 3 is 2.91 bits per heavy atom. The summed E-state index contributed by atoms with van der Waals surface area (Å²) < 4.78 is 1.93. The van der Waals surface area contributed by atoms with Crippen LogP contribution in [0.1, 0.15) is 27.3 Å². The van der Waals surface area contributed by atoms with Gasteiger partial charge in [0, 0.05) is 25.0 Å². The molecule has 5 heteroatoms. The Morgan fingerprint density at radius 2 is 2.09 bits per heavy atom. The van der Waals surface area contributed by atoms with E-state index in [1.807, 2.05) is 35.6 Å². The zero-order valence-corrected chi connectivity index (χ0v) is 12.9. The number of rotatable bonds is 1. The van der Waals surface area contributed by atoms with Gasteiger partial charge in [0.15, 0.2) is 0 Å². The van der Waals surface area contributed by atoms with E-state index in [4.69, 9.17) is 0 Å². The van der Waals surface area contributed by atoms with Gasteiger partial charge in [0.25, 0.3) is 5.91 Å². The third kappa shape index (κ3) is 2.34. The molecule has 0 fully saturated rings. The van der Waals surface area contributed by atoms with Gasteiger partial charge in [-0.15, -0.1) is 0 Å². The van der Waals surface area contributed by atoms with E-state index in [1.54, 1.807) is 23.2 Å². The van der Waals surface area contributed by atoms with Gasteiger partial charge >= 0.3 is 0 Å². The van der Waals surface area contributed by atoms with E-state index in [1.165, 1.54) is 5.56 Å². The van der Waals surface area contributed by atoms with Crippen molar-refractivity contribution in [2.75, 3.05) is 6.54 Å². The van der Waals surface area contributed by atoms with Crippen LogP contribution in [0.4, 0.5) is 0 Å². The summed E-state index contributed by atoms with van der Waals surface area (Å²) in [6.45, 7) is 3.17. The van der Waals surface area contributed by atoms with Crippen LogP contribution in [0.3, 0.4) is 0 Å². The van der Waals surface area contributed by atoms with Crippen LogP contribution in [-0.4, -0.2) is 31.8 Å². The molecule has 4 rings (SSSR count). The number of aromatic nitrogens is 2. The molecule has 0 atom stereocenters. The second-order valence-corrected chi connectivity index (χ2v) is 5.95. The highest BCUT2D eigenvalue weighted by Gasteiger charge is 2.24. The molecule has 1 N–H and O–H groups in total. The number of carbonyl (C=O) groups excluding carboxylic acids is 1. The first-order valence-corrected chi connectivity index (χ1v) is 7.66. The molecule has 116 valence electrons. The van der Waals surface area contributed by atoms with Gasteiger partial charge in [-0.1, -0.05) is 12.1 Å². The second kappa shape index (κ2) is 5.12. The molecule has 0 aliphatic carbocycles. The predicted octanol–water partition coefficient (Wildman–Crippen LogP) is 2.55. The van der Waals surface area contributed by atoms with Gasteiger partial charge in [-0.05, 0) is 48.7 Å². The van der Waals surface area contributed by atoms with Gasteiger partial charge < -0.3 is 14.4 Å². The van der Waals surface area contributed by atoms with Crippen LogP contribution in [0.25, 0.3) is 5.65 Å². The Hall–Kier alpha value is -2.82. The number of amides is 1. The van der Waals surface area contributed by atoms with Crippen LogP contribution in [0.5, 0.6) is 5.75 Å². The van der Waals surface area contributed by atoms with E-state index in [0.717, 1.165) is 23.3 Å². The SMILES string of the molecule is Cc1cccc2nc(C(=O)N3CCc4ccc(O)cc4C3)cn12. The Bertz CT molecular complexity index is 914. The van der Waals surface area contributed by atoms with E-state index in [0.29, 0.717) is 18.8 Å². The van der Waals surface area contributed by atoms with Crippen molar-refractivity contribution in [3.63, 3.8) is 0 Å². The number of phenols is 1. The van der Waals surface area contributed by atoms with Gasteiger partial charge in [-0.2, -0.15) is 0 Å². The summed E-state index contributed by atoms with van der Waals surface area (Å²) in [6, 6.07) is 11.2. The lowest BCUT2D eigenvalue weighted by Crippen LogP contribution is -2.36. The number of pyridine rings is 1. The number of imidazole rings is 1. The Labute approximate surface area is 133 Å². The molecule has 1 aliphatic rings. The summed E-state index contributed by atoms with van der Waals surface area (Å²) >= 11 is 0.